The average Bonchev–Trinajstić information content (AvgIpc) is 2.54. The van der Waals surface area contributed by atoms with E-state index >= 15 is 0 Å². The molecular weight excluding hydrogens is 265 g/mol. The van der Waals surface area contributed by atoms with Crippen molar-refractivity contribution in [1.29, 1.82) is 0 Å². The van der Waals surface area contributed by atoms with Crippen LogP contribution in [0.25, 0.3) is 0 Å². The number of alkyl halides is 3. The van der Waals surface area contributed by atoms with E-state index in [-0.39, 0.29) is 6.54 Å². The van der Waals surface area contributed by atoms with Gasteiger partial charge in [0.05, 0.1) is 6.54 Å². The summed E-state index contributed by atoms with van der Waals surface area (Å²) < 4.78 is 35.5. The van der Waals surface area contributed by atoms with Crippen LogP contribution in [0.5, 0.6) is 0 Å². The number of hydrogen-bond donors (Lipinski definition) is 2. The van der Waals surface area contributed by atoms with Crippen LogP contribution in [-0.4, -0.2) is 25.2 Å². The summed E-state index contributed by atoms with van der Waals surface area (Å²) in [6.07, 6.45) is -4.36. The van der Waals surface area contributed by atoms with E-state index in [1.807, 2.05) is 19.9 Å². The van der Waals surface area contributed by atoms with Crippen LogP contribution in [0.3, 0.4) is 0 Å². The molecule has 0 fully saturated rings. The van der Waals surface area contributed by atoms with Crippen LogP contribution in [0.15, 0.2) is 6.07 Å². The Morgan fingerprint density at radius 3 is 2.56 bits per heavy atom. The van der Waals surface area contributed by atoms with Gasteiger partial charge in [-0.2, -0.15) is 13.2 Å². The molecule has 0 aromatic carbocycles. The fraction of sp³-hybridized carbons (Fsp3) is 0.545. The van der Waals surface area contributed by atoms with Crippen LogP contribution >= 0.6 is 11.3 Å². The second kappa shape index (κ2) is 6.19. The molecule has 18 heavy (non-hydrogen) atoms. The standard InChI is InChI=1S/C11H15F3N2OS/c1-7-3-9(18-8(7)2)4-15-5-10(17)16-6-11(12,13)14/h3,15H,4-6H2,1-2H3,(H,16,17). The van der Waals surface area contributed by atoms with Gasteiger partial charge in [0.1, 0.15) is 6.54 Å². The molecule has 0 saturated heterocycles. The molecule has 0 saturated carbocycles. The molecule has 0 aliphatic rings. The van der Waals surface area contributed by atoms with E-state index in [0.29, 0.717) is 6.54 Å². The summed E-state index contributed by atoms with van der Waals surface area (Å²) in [7, 11) is 0. The summed E-state index contributed by atoms with van der Waals surface area (Å²) in [4.78, 5) is 13.3. The van der Waals surface area contributed by atoms with Gasteiger partial charge >= 0.3 is 6.18 Å². The summed E-state index contributed by atoms with van der Waals surface area (Å²) >= 11 is 1.61. The minimum atomic E-state index is -4.36. The molecule has 1 aromatic rings. The first-order valence-electron chi connectivity index (χ1n) is 5.38. The van der Waals surface area contributed by atoms with Crippen molar-refractivity contribution >= 4 is 17.2 Å². The summed E-state index contributed by atoms with van der Waals surface area (Å²) in [6.45, 7) is 3.07. The highest BCUT2D eigenvalue weighted by molar-refractivity contribution is 7.12. The fourth-order valence-corrected chi connectivity index (χ4v) is 2.32. The summed E-state index contributed by atoms with van der Waals surface area (Å²) in [5.41, 5.74) is 1.18. The molecule has 102 valence electrons. The SMILES string of the molecule is Cc1cc(CNCC(=O)NCC(F)(F)F)sc1C. The van der Waals surface area contributed by atoms with Gasteiger partial charge in [0, 0.05) is 16.3 Å². The first-order valence-corrected chi connectivity index (χ1v) is 6.19. The third-order valence-electron chi connectivity index (χ3n) is 2.29. The van der Waals surface area contributed by atoms with Crippen LogP contribution in [0.1, 0.15) is 15.3 Å². The molecule has 1 rings (SSSR count). The second-order valence-electron chi connectivity index (χ2n) is 3.95. The summed E-state index contributed by atoms with van der Waals surface area (Å²) in [5, 5.41) is 4.61. The molecule has 0 spiro atoms. The van der Waals surface area contributed by atoms with Gasteiger partial charge in [-0.25, -0.2) is 0 Å². The zero-order valence-corrected chi connectivity index (χ0v) is 11.0. The van der Waals surface area contributed by atoms with Gasteiger partial charge in [0.15, 0.2) is 0 Å². The van der Waals surface area contributed by atoms with E-state index in [2.05, 4.69) is 5.32 Å². The zero-order valence-electron chi connectivity index (χ0n) is 10.1. The monoisotopic (exact) mass is 280 g/mol. The lowest BCUT2D eigenvalue weighted by atomic mass is 10.3. The lowest BCUT2D eigenvalue weighted by Gasteiger charge is -2.08. The van der Waals surface area contributed by atoms with Crippen LogP contribution in [0.2, 0.25) is 0 Å². The van der Waals surface area contributed by atoms with Crippen molar-refractivity contribution in [2.45, 2.75) is 26.6 Å². The molecule has 3 nitrogen and oxygen atoms in total. The number of halogens is 3. The number of carbonyl (C=O) groups excluding carboxylic acids is 1. The Hall–Kier alpha value is -1.08. The Morgan fingerprint density at radius 2 is 2.06 bits per heavy atom. The molecule has 1 aromatic heterocycles. The Kier molecular flexibility index (Phi) is 5.15. The highest BCUT2D eigenvalue weighted by atomic mass is 32.1. The maximum atomic E-state index is 11.8. The third-order valence-corrected chi connectivity index (χ3v) is 3.44. The Bertz CT molecular complexity index is 395. The smallest absolute Gasteiger partial charge is 0.346 e. The van der Waals surface area contributed by atoms with Crippen molar-refractivity contribution in [3.05, 3.63) is 21.4 Å². The molecule has 0 bridgehead atoms. The third kappa shape index (κ3) is 5.50. The molecule has 0 unspecified atom stereocenters. The van der Waals surface area contributed by atoms with E-state index in [1.54, 1.807) is 16.7 Å². The number of nitrogens with one attached hydrogen (secondary N) is 2. The first kappa shape index (κ1) is 15.0. The molecule has 1 heterocycles. The van der Waals surface area contributed by atoms with Crippen molar-refractivity contribution in [3.63, 3.8) is 0 Å². The first-order chi connectivity index (χ1) is 8.28. The van der Waals surface area contributed by atoms with Gasteiger partial charge < -0.3 is 10.6 Å². The molecule has 0 aliphatic carbocycles. The van der Waals surface area contributed by atoms with Gasteiger partial charge in [-0.3, -0.25) is 4.79 Å². The van der Waals surface area contributed by atoms with Gasteiger partial charge in [0.25, 0.3) is 0 Å². The van der Waals surface area contributed by atoms with E-state index < -0.39 is 18.6 Å². The topological polar surface area (TPSA) is 41.1 Å². The second-order valence-corrected chi connectivity index (χ2v) is 5.29. The van der Waals surface area contributed by atoms with Crippen molar-refractivity contribution in [2.75, 3.05) is 13.1 Å². The number of aryl methyl sites for hydroxylation is 2. The molecule has 0 atom stereocenters. The minimum absolute atomic E-state index is 0.119. The zero-order chi connectivity index (χ0) is 13.8. The molecule has 0 radical (unpaired) electrons. The van der Waals surface area contributed by atoms with Crippen LogP contribution in [0, 0.1) is 13.8 Å². The van der Waals surface area contributed by atoms with Crippen molar-refractivity contribution < 1.29 is 18.0 Å². The van der Waals surface area contributed by atoms with Gasteiger partial charge in [-0.1, -0.05) is 0 Å². The Labute approximate surface area is 107 Å². The fourth-order valence-electron chi connectivity index (χ4n) is 1.30. The van der Waals surface area contributed by atoms with Gasteiger partial charge in [-0.05, 0) is 25.5 Å². The van der Waals surface area contributed by atoms with Crippen LogP contribution in [-0.2, 0) is 11.3 Å². The van der Waals surface area contributed by atoms with E-state index in [4.69, 9.17) is 0 Å². The van der Waals surface area contributed by atoms with Crippen molar-refractivity contribution in [1.82, 2.24) is 10.6 Å². The molecule has 0 aliphatic heterocycles. The van der Waals surface area contributed by atoms with Crippen LogP contribution in [0.4, 0.5) is 13.2 Å². The van der Waals surface area contributed by atoms with E-state index in [9.17, 15) is 18.0 Å². The normalized spacial score (nSPS) is 11.6. The predicted molar refractivity (Wildman–Crippen MR) is 64.6 cm³/mol. The van der Waals surface area contributed by atoms with E-state index in [0.717, 1.165) is 4.88 Å². The van der Waals surface area contributed by atoms with E-state index in [1.165, 1.54) is 10.4 Å². The average molecular weight is 280 g/mol. The Balaban J connectivity index is 2.23. The van der Waals surface area contributed by atoms with Crippen molar-refractivity contribution in [2.24, 2.45) is 0 Å². The number of amides is 1. The molecule has 7 heteroatoms. The lowest BCUT2D eigenvalue weighted by molar-refractivity contribution is -0.137. The Morgan fingerprint density at radius 1 is 1.39 bits per heavy atom. The molecule has 2 N–H and O–H groups in total. The number of thiophene rings is 1. The number of hydrogen-bond acceptors (Lipinski definition) is 3. The number of carbonyl (C=O) groups is 1. The maximum absolute atomic E-state index is 11.8. The lowest BCUT2D eigenvalue weighted by Crippen LogP contribution is -2.39. The molecular formula is C11H15F3N2OS. The quantitative estimate of drug-likeness (QED) is 0.867. The molecule has 1 amide bonds. The van der Waals surface area contributed by atoms with Crippen molar-refractivity contribution in [3.8, 4) is 0 Å². The van der Waals surface area contributed by atoms with Gasteiger partial charge in [-0.15, -0.1) is 11.3 Å². The largest absolute Gasteiger partial charge is 0.405 e. The highest BCUT2D eigenvalue weighted by Crippen LogP contribution is 2.20. The summed E-state index contributed by atoms with van der Waals surface area (Å²) in [6, 6.07) is 2.00. The highest BCUT2D eigenvalue weighted by Gasteiger charge is 2.27. The summed E-state index contributed by atoms with van der Waals surface area (Å²) in [5.74, 6) is -0.655. The maximum Gasteiger partial charge on any atom is 0.405 e. The number of rotatable bonds is 5. The predicted octanol–water partition coefficient (Wildman–Crippen LogP) is 2.13. The van der Waals surface area contributed by atoms with Gasteiger partial charge in [0.2, 0.25) is 5.91 Å². The van der Waals surface area contributed by atoms with Crippen LogP contribution < -0.4 is 10.6 Å². The minimum Gasteiger partial charge on any atom is -0.346 e.